The first kappa shape index (κ1) is 27.3. The van der Waals surface area contributed by atoms with Crippen molar-refractivity contribution in [3.05, 3.63) is 69.7 Å². The Morgan fingerprint density at radius 1 is 0.750 bits per heavy atom. The maximum Gasteiger partial charge on any atom is 0.416 e. The molecule has 2 aromatic carbocycles. The lowest BCUT2D eigenvalue weighted by Crippen LogP contribution is -2.57. The lowest BCUT2D eigenvalue weighted by Gasteiger charge is -2.48. The average Bonchev–Trinajstić information content (AvgIpc) is 2.84. The summed E-state index contributed by atoms with van der Waals surface area (Å²) in [6.45, 7) is 4.91. The predicted octanol–water partition coefficient (Wildman–Crippen LogP) is 7.79. The minimum absolute atomic E-state index is 0.00399. The fourth-order valence-electron chi connectivity index (χ4n) is 5.75. The van der Waals surface area contributed by atoms with Crippen molar-refractivity contribution in [2.24, 2.45) is 0 Å². The van der Waals surface area contributed by atoms with Crippen molar-refractivity contribution in [2.45, 2.75) is 69.4 Å². The van der Waals surface area contributed by atoms with E-state index in [0.717, 1.165) is 30.8 Å². The van der Waals surface area contributed by atoms with Crippen LogP contribution in [0.25, 0.3) is 0 Å². The molecule has 1 aliphatic heterocycles. The van der Waals surface area contributed by atoms with Crippen LogP contribution in [0.3, 0.4) is 0 Å². The van der Waals surface area contributed by atoms with E-state index in [1.165, 1.54) is 32.1 Å². The van der Waals surface area contributed by atoms with Crippen molar-refractivity contribution in [2.75, 3.05) is 26.2 Å². The van der Waals surface area contributed by atoms with Crippen LogP contribution in [0.4, 0.5) is 26.3 Å². The van der Waals surface area contributed by atoms with Crippen LogP contribution in [-0.4, -0.2) is 42.0 Å². The maximum atomic E-state index is 13.5. The first-order chi connectivity index (χ1) is 16.9. The molecule has 1 heterocycles. The third-order valence-electron chi connectivity index (χ3n) is 7.77. The summed E-state index contributed by atoms with van der Waals surface area (Å²) in [5.74, 6) is 0. The number of rotatable bonds is 5. The standard InChI is InChI=1S/C27H31ClF6N2/c1-25(20-7-9-23(28)10-8-20,36-13-11-35(12-14-36)24-5-3-2-4-6-24)18-19-15-21(26(29,30)31)17-22(16-19)27(32,33)34/h7-10,15-17,24H,2-6,11-14,18H2,1H3. The van der Waals surface area contributed by atoms with Gasteiger partial charge in [-0.25, -0.2) is 0 Å². The van der Waals surface area contributed by atoms with Crippen molar-refractivity contribution < 1.29 is 26.3 Å². The topological polar surface area (TPSA) is 6.48 Å². The molecular weight excluding hydrogens is 502 g/mol. The molecule has 2 fully saturated rings. The number of hydrogen-bond donors (Lipinski definition) is 0. The molecule has 2 nitrogen and oxygen atoms in total. The van der Waals surface area contributed by atoms with Gasteiger partial charge in [-0.2, -0.15) is 26.3 Å². The highest BCUT2D eigenvalue weighted by atomic mass is 35.5. The summed E-state index contributed by atoms with van der Waals surface area (Å²) in [6, 6.07) is 9.49. The number of alkyl halides is 6. The summed E-state index contributed by atoms with van der Waals surface area (Å²) in [7, 11) is 0. The monoisotopic (exact) mass is 532 g/mol. The van der Waals surface area contributed by atoms with E-state index >= 15 is 0 Å². The lowest BCUT2D eigenvalue weighted by atomic mass is 9.82. The van der Waals surface area contributed by atoms with Gasteiger partial charge in [0.1, 0.15) is 0 Å². The molecule has 9 heteroatoms. The summed E-state index contributed by atoms with van der Waals surface area (Å²) in [5.41, 5.74) is -2.56. The molecule has 1 atom stereocenters. The zero-order valence-corrected chi connectivity index (χ0v) is 21.0. The van der Waals surface area contributed by atoms with Crippen molar-refractivity contribution in [3.63, 3.8) is 0 Å². The Balaban J connectivity index is 1.66. The van der Waals surface area contributed by atoms with Crippen molar-refractivity contribution in [1.82, 2.24) is 9.80 Å². The highest BCUT2D eigenvalue weighted by molar-refractivity contribution is 6.30. The van der Waals surface area contributed by atoms with Crippen LogP contribution in [0.15, 0.2) is 42.5 Å². The Hall–Kier alpha value is -1.77. The van der Waals surface area contributed by atoms with E-state index in [4.69, 9.17) is 11.6 Å². The molecule has 1 saturated heterocycles. The highest BCUT2D eigenvalue weighted by Gasteiger charge is 2.40. The summed E-state index contributed by atoms with van der Waals surface area (Å²) >= 11 is 6.08. The van der Waals surface area contributed by atoms with E-state index in [1.54, 1.807) is 12.1 Å². The summed E-state index contributed by atoms with van der Waals surface area (Å²) in [6.07, 6.45) is -3.67. The zero-order valence-electron chi connectivity index (χ0n) is 20.2. The molecule has 198 valence electrons. The second-order valence-electron chi connectivity index (χ2n) is 10.2. The molecule has 0 amide bonds. The van der Waals surface area contributed by atoms with E-state index in [2.05, 4.69) is 9.80 Å². The van der Waals surface area contributed by atoms with E-state index in [0.29, 0.717) is 24.2 Å². The molecule has 1 saturated carbocycles. The van der Waals surface area contributed by atoms with Gasteiger partial charge in [0, 0.05) is 42.8 Å². The molecule has 4 rings (SSSR count). The highest BCUT2D eigenvalue weighted by Crippen LogP contribution is 2.40. The molecule has 0 aromatic heterocycles. The van der Waals surface area contributed by atoms with Gasteiger partial charge < -0.3 is 0 Å². The van der Waals surface area contributed by atoms with Crippen LogP contribution in [0.5, 0.6) is 0 Å². The third kappa shape index (κ3) is 6.20. The number of benzene rings is 2. The second-order valence-corrected chi connectivity index (χ2v) is 10.6. The first-order valence-electron chi connectivity index (χ1n) is 12.4. The smallest absolute Gasteiger partial charge is 0.298 e. The third-order valence-corrected chi connectivity index (χ3v) is 8.02. The van der Waals surface area contributed by atoms with E-state index in [9.17, 15) is 26.3 Å². The van der Waals surface area contributed by atoms with Gasteiger partial charge in [0.05, 0.1) is 11.1 Å². The summed E-state index contributed by atoms with van der Waals surface area (Å²) in [4.78, 5) is 4.69. The molecule has 1 aliphatic carbocycles. The van der Waals surface area contributed by atoms with E-state index in [1.807, 2.05) is 19.1 Å². The Kier molecular flexibility index (Phi) is 7.98. The Labute approximate surface area is 213 Å². The Morgan fingerprint density at radius 3 is 1.78 bits per heavy atom. The molecule has 2 aliphatic rings. The van der Waals surface area contributed by atoms with Crippen LogP contribution in [-0.2, 0) is 24.3 Å². The van der Waals surface area contributed by atoms with Gasteiger partial charge in [-0.15, -0.1) is 0 Å². The Bertz CT molecular complexity index is 990. The zero-order chi connectivity index (χ0) is 26.1. The Morgan fingerprint density at radius 2 is 1.28 bits per heavy atom. The number of piperazine rings is 1. The molecule has 0 bridgehead atoms. The second kappa shape index (κ2) is 10.5. The summed E-state index contributed by atoms with van der Waals surface area (Å²) < 4.78 is 81.1. The maximum absolute atomic E-state index is 13.5. The first-order valence-corrected chi connectivity index (χ1v) is 12.8. The van der Waals surface area contributed by atoms with E-state index < -0.39 is 29.0 Å². The van der Waals surface area contributed by atoms with Gasteiger partial charge in [-0.3, -0.25) is 9.80 Å². The minimum Gasteiger partial charge on any atom is -0.298 e. The van der Waals surface area contributed by atoms with E-state index in [-0.39, 0.29) is 18.1 Å². The summed E-state index contributed by atoms with van der Waals surface area (Å²) in [5, 5.41) is 0.515. The quantitative estimate of drug-likeness (QED) is 0.363. The van der Waals surface area contributed by atoms with Gasteiger partial charge >= 0.3 is 12.4 Å². The molecule has 1 unspecified atom stereocenters. The molecule has 2 aromatic rings. The van der Waals surface area contributed by atoms with Crippen LogP contribution >= 0.6 is 11.6 Å². The molecule has 0 N–H and O–H groups in total. The van der Waals surface area contributed by atoms with Gasteiger partial charge in [-0.05, 0) is 67.6 Å². The minimum atomic E-state index is -4.88. The normalized spacial score (nSPS) is 20.9. The molecule has 0 spiro atoms. The van der Waals surface area contributed by atoms with Crippen LogP contribution in [0, 0.1) is 0 Å². The molecular formula is C27H31ClF6N2. The fourth-order valence-corrected chi connectivity index (χ4v) is 5.88. The SMILES string of the molecule is CC(Cc1cc(C(F)(F)F)cc(C(F)(F)F)c1)(c1ccc(Cl)cc1)N1CCN(C2CCCCC2)CC1. The van der Waals surface area contributed by atoms with Crippen LogP contribution < -0.4 is 0 Å². The number of nitrogens with zero attached hydrogens (tertiary/aromatic N) is 2. The number of hydrogen-bond acceptors (Lipinski definition) is 2. The predicted molar refractivity (Wildman–Crippen MR) is 129 cm³/mol. The van der Waals surface area contributed by atoms with Gasteiger partial charge in [-0.1, -0.05) is 43.0 Å². The average molecular weight is 533 g/mol. The fraction of sp³-hybridized carbons (Fsp3) is 0.556. The molecule has 0 radical (unpaired) electrons. The van der Waals surface area contributed by atoms with Gasteiger partial charge in [0.2, 0.25) is 0 Å². The number of halogens is 7. The van der Waals surface area contributed by atoms with Crippen molar-refractivity contribution in [1.29, 1.82) is 0 Å². The van der Waals surface area contributed by atoms with Gasteiger partial charge in [0.25, 0.3) is 0 Å². The van der Waals surface area contributed by atoms with Crippen LogP contribution in [0.2, 0.25) is 5.02 Å². The van der Waals surface area contributed by atoms with Crippen LogP contribution in [0.1, 0.15) is 61.3 Å². The largest absolute Gasteiger partial charge is 0.416 e. The van der Waals surface area contributed by atoms with Gasteiger partial charge in [0.15, 0.2) is 0 Å². The molecule has 36 heavy (non-hydrogen) atoms. The lowest BCUT2D eigenvalue weighted by molar-refractivity contribution is -0.143. The van der Waals surface area contributed by atoms with Crippen molar-refractivity contribution in [3.8, 4) is 0 Å². The van der Waals surface area contributed by atoms with Crippen molar-refractivity contribution >= 4 is 11.6 Å².